The second kappa shape index (κ2) is 7.85. The highest BCUT2D eigenvalue weighted by molar-refractivity contribution is 7.86. The zero-order chi connectivity index (χ0) is 20.6. The van der Waals surface area contributed by atoms with Crippen molar-refractivity contribution in [2.45, 2.75) is 4.90 Å². The number of fused-ring (bicyclic) bond motifs is 3. The molecule has 6 nitrogen and oxygen atoms in total. The highest BCUT2D eigenvalue weighted by Crippen LogP contribution is 2.49. The molecule has 0 radical (unpaired) electrons. The molecule has 3 aromatic carbocycles. The fourth-order valence-corrected chi connectivity index (χ4v) is 6.56. The Hall–Kier alpha value is -2.30. The second-order valence-electron chi connectivity index (χ2n) is 6.19. The van der Waals surface area contributed by atoms with Crippen LogP contribution in [0.3, 0.4) is 0 Å². The van der Waals surface area contributed by atoms with E-state index in [1.165, 1.54) is 7.11 Å². The van der Waals surface area contributed by atoms with E-state index in [1.807, 2.05) is 30.3 Å². The first-order valence-corrected chi connectivity index (χ1v) is 12.6. The van der Waals surface area contributed by atoms with E-state index in [1.54, 1.807) is 24.3 Å². The van der Waals surface area contributed by atoms with Gasteiger partial charge < -0.3 is 4.18 Å². The molecule has 150 valence electrons. The van der Waals surface area contributed by atoms with Gasteiger partial charge in [0.05, 0.1) is 23.6 Å². The first-order chi connectivity index (χ1) is 13.9. The Bertz CT molecular complexity index is 1330. The Balaban J connectivity index is 2.02. The topological polar surface area (TPSA) is 78.9 Å². The highest BCUT2D eigenvalue weighted by Gasteiger charge is 2.25. The summed E-state index contributed by atoms with van der Waals surface area (Å²) in [4.78, 5) is 6.11. The van der Waals surface area contributed by atoms with E-state index < -0.39 is 21.2 Å². The molecule has 4 rings (SSSR count). The number of rotatable bonds is 6. The highest BCUT2D eigenvalue weighted by atomic mass is 32.2. The lowest BCUT2D eigenvalue weighted by Crippen LogP contribution is -2.05. The Labute approximate surface area is 173 Å². The molecule has 0 fully saturated rings. The third-order valence-corrected chi connectivity index (χ3v) is 7.91. The van der Waals surface area contributed by atoms with Crippen LogP contribution in [0.1, 0.15) is 0 Å². The van der Waals surface area contributed by atoms with Crippen LogP contribution in [0.2, 0.25) is 0 Å². The van der Waals surface area contributed by atoms with Gasteiger partial charge in [-0.3, -0.25) is 0 Å². The van der Waals surface area contributed by atoms with E-state index in [9.17, 15) is 12.6 Å². The molecule has 2 atom stereocenters. The van der Waals surface area contributed by atoms with Crippen molar-refractivity contribution >= 4 is 51.8 Å². The van der Waals surface area contributed by atoms with Crippen molar-refractivity contribution in [3.63, 3.8) is 0 Å². The molecule has 0 spiro atoms. The van der Waals surface area contributed by atoms with E-state index in [0.29, 0.717) is 4.90 Å². The van der Waals surface area contributed by atoms with Gasteiger partial charge in [-0.2, -0.15) is 8.42 Å². The zero-order valence-electron chi connectivity index (χ0n) is 15.5. The van der Waals surface area contributed by atoms with Crippen LogP contribution >= 0.6 is 10.5 Å². The summed E-state index contributed by atoms with van der Waals surface area (Å²) in [5.41, 5.74) is 0. The van der Waals surface area contributed by atoms with Crippen LogP contribution < -0.4 is 4.18 Å². The quantitative estimate of drug-likeness (QED) is 0.184. The van der Waals surface area contributed by atoms with Gasteiger partial charge in [0.1, 0.15) is 5.75 Å². The Morgan fingerprint density at radius 1 is 0.897 bits per heavy atom. The average molecular weight is 450 g/mol. The molecule has 2 unspecified atom stereocenters. The molecule has 29 heavy (non-hydrogen) atoms. The van der Waals surface area contributed by atoms with Crippen LogP contribution in [-0.4, -0.2) is 26.0 Å². The van der Waals surface area contributed by atoms with Gasteiger partial charge in [-0.05, 0) is 36.4 Å². The standard InChI is InChI=1S/C20H17O6S3/c1-24-26-28(21)16-9-11-20-18(13-16)17-12-14(25-29(2,22)23)8-10-19(17)27(20)15-6-4-3-5-7-15/h3-13H,1-2H3/q+1. The number of benzene rings is 3. The monoisotopic (exact) mass is 449 g/mol. The Morgan fingerprint density at radius 2 is 1.55 bits per heavy atom. The molecule has 0 N–H and O–H groups in total. The first-order valence-electron chi connectivity index (χ1n) is 8.47. The van der Waals surface area contributed by atoms with Crippen molar-refractivity contribution in [2.75, 3.05) is 13.4 Å². The summed E-state index contributed by atoms with van der Waals surface area (Å²) in [5.74, 6) is 0.232. The predicted molar refractivity (Wildman–Crippen MR) is 115 cm³/mol. The fourth-order valence-electron chi connectivity index (χ4n) is 3.16. The van der Waals surface area contributed by atoms with E-state index >= 15 is 0 Å². The maximum Gasteiger partial charge on any atom is 0.306 e. The molecule has 4 aromatic rings. The minimum atomic E-state index is -3.65. The van der Waals surface area contributed by atoms with Gasteiger partial charge >= 0.3 is 10.1 Å². The van der Waals surface area contributed by atoms with E-state index in [-0.39, 0.29) is 16.2 Å². The van der Waals surface area contributed by atoms with Crippen molar-refractivity contribution in [3.05, 3.63) is 66.7 Å². The van der Waals surface area contributed by atoms with Gasteiger partial charge in [-0.1, -0.05) is 18.2 Å². The molecular weight excluding hydrogens is 432 g/mol. The summed E-state index contributed by atoms with van der Waals surface area (Å²) in [6.45, 7) is 0. The van der Waals surface area contributed by atoms with Crippen LogP contribution in [0, 0.1) is 0 Å². The van der Waals surface area contributed by atoms with Crippen molar-refractivity contribution in [1.29, 1.82) is 0 Å². The minimum Gasteiger partial charge on any atom is -0.383 e. The lowest BCUT2D eigenvalue weighted by molar-refractivity contribution is -0.166. The summed E-state index contributed by atoms with van der Waals surface area (Å²) in [6, 6.07) is 20.7. The smallest absolute Gasteiger partial charge is 0.306 e. The third-order valence-electron chi connectivity index (χ3n) is 4.18. The largest absolute Gasteiger partial charge is 0.383 e. The summed E-state index contributed by atoms with van der Waals surface area (Å²) >= 11 is -1.78. The van der Waals surface area contributed by atoms with Crippen LogP contribution in [0.4, 0.5) is 0 Å². The van der Waals surface area contributed by atoms with Gasteiger partial charge in [0.15, 0.2) is 14.3 Å². The van der Waals surface area contributed by atoms with Crippen molar-refractivity contribution in [3.8, 4) is 10.6 Å². The Morgan fingerprint density at radius 3 is 2.21 bits per heavy atom. The molecule has 0 aliphatic carbocycles. The van der Waals surface area contributed by atoms with E-state index in [0.717, 1.165) is 31.3 Å². The molecule has 0 amide bonds. The summed E-state index contributed by atoms with van der Waals surface area (Å²) in [6.07, 6.45) is 1.01. The molecule has 9 heteroatoms. The maximum atomic E-state index is 12.2. The van der Waals surface area contributed by atoms with Crippen LogP contribution in [-0.2, 0) is 30.4 Å². The van der Waals surface area contributed by atoms with E-state index in [4.69, 9.17) is 8.52 Å². The molecule has 0 aliphatic rings. The summed E-state index contributed by atoms with van der Waals surface area (Å²) in [5, 5.41) is 1.70. The van der Waals surface area contributed by atoms with Gasteiger partial charge in [-0.15, -0.1) is 4.33 Å². The molecule has 0 bridgehead atoms. The Kier molecular flexibility index (Phi) is 5.41. The van der Waals surface area contributed by atoms with Crippen LogP contribution in [0.25, 0.3) is 25.1 Å². The maximum absolute atomic E-state index is 12.2. The van der Waals surface area contributed by atoms with Crippen molar-refractivity contribution in [1.82, 2.24) is 0 Å². The van der Waals surface area contributed by atoms with Gasteiger partial charge in [0.2, 0.25) is 11.1 Å². The molecule has 0 saturated heterocycles. The van der Waals surface area contributed by atoms with Gasteiger partial charge in [0, 0.05) is 28.0 Å². The van der Waals surface area contributed by atoms with Crippen molar-refractivity contribution < 1.29 is 26.0 Å². The summed E-state index contributed by atoms with van der Waals surface area (Å²) < 4.78 is 47.3. The van der Waals surface area contributed by atoms with Gasteiger partial charge in [0.25, 0.3) is 0 Å². The molecule has 0 saturated carbocycles. The lowest BCUT2D eigenvalue weighted by Gasteiger charge is -2.02. The van der Waals surface area contributed by atoms with Gasteiger partial charge in [-0.25, -0.2) is 9.10 Å². The molecular formula is C20H17O6S3+. The minimum absolute atomic E-state index is 0.232. The van der Waals surface area contributed by atoms with E-state index in [2.05, 4.69) is 17.0 Å². The normalized spacial score (nSPS) is 13.7. The predicted octanol–water partition coefficient (Wildman–Crippen LogP) is 4.67. The molecule has 1 aromatic heterocycles. The fraction of sp³-hybridized carbons (Fsp3) is 0.100. The molecule has 0 aliphatic heterocycles. The lowest BCUT2D eigenvalue weighted by atomic mass is 10.1. The van der Waals surface area contributed by atoms with Crippen LogP contribution in [0.5, 0.6) is 5.75 Å². The van der Waals surface area contributed by atoms with Crippen LogP contribution in [0.15, 0.2) is 71.6 Å². The molecule has 1 heterocycles. The number of thiophene rings is 1. The SMILES string of the molecule is COOS(=O)c1ccc2c(c1)c1cc(OS(C)(=O)=O)ccc1[s+]2-c1ccccc1. The average Bonchev–Trinajstić information content (AvgIpc) is 3.00. The zero-order valence-corrected chi connectivity index (χ0v) is 18.0. The number of hydrogen-bond donors (Lipinski definition) is 0. The third kappa shape index (κ3) is 4.05. The second-order valence-corrected chi connectivity index (χ2v) is 10.8. The van der Waals surface area contributed by atoms with Crippen molar-refractivity contribution in [2.24, 2.45) is 0 Å². The number of hydrogen-bond acceptors (Lipinski definition) is 6. The summed E-state index contributed by atoms with van der Waals surface area (Å²) in [7, 11) is -2.73. The first kappa shape index (κ1) is 20.0.